The average molecular weight is 843 g/mol. The van der Waals surface area contributed by atoms with Gasteiger partial charge in [0.25, 0.3) is 0 Å². The summed E-state index contributed by atoms with van der Waals surface area (Å²) in [6.45, 7) is 23.4. The zero-order chi connectivity index (χ0) is 35.5. The number of allylic oxidation sites excluding steroid dienone is 2. The van der Waals surface area contributed by atoms with Crippen molar-refractivity contribution in [3.05, 3.63) is 84.4 Å². The number of carbonyl (C=O) groups excluding carboxylic acids is 1. The number of aliphatic hydroxyl groups is 1. The minimum atomic E-state index is -0.0119. The van der Waals surface area contributed by atoms with E-state index in [4.69, 9.17) is 1.37 Å². The molecule has 0 aliphatic rings. The molecule has 3 aromatic carbocycles. The number of fused-ring (bicyclic) bond motifs is 4. The normalized spacial score (nSPS) is 12.9. The molecule has 5 rings (SSSR count). The molecule has 5 aromatic rings. The molecule has 0 amide bonds. The van der Waals surface area contributed by atoms with E-state index in [9.17, 15) is 9.90 Å². The number of aromatic nitrogens is 2. The summed E-state index contributed by atoms with van der Waals surface area (Å²) >= 11 is 1.73. The molecule has 0 fully saturated rings. The number of benzene rings is 3. The first-order chi connectivity index (χ1) is 22.5. The average Bonchev–Trinajstić information content (AvgIpc) is 3.33. The van der Waals surface area contributed by atoms with Crippen LogP contribution in [0.1, 0.15) is 83.1 Å². The minimum absolute atomic E-state index is 0. The summed E-state index contributed by atoms with van der Waals surface area (Å²) in [6.07, 6.45) is 4.14. The summed E-state index contributed by atoms with van der Waals surface area (Å²) in [4.78, 5) is 21.5. The molecule has 0 saturated heterocycles. The van der Waals surface area contributed by atoms with Crippen molar-refractivity contribution in [2.24, 2.45) is 40.9 Å². The number of carbonyl (C=O) groups is 1. The molecule has 0 spiro atoms. The van der Waals surface area contributed by atoms with E-state index in [1.54, 1.807) is 17.7 Å². The van der Waals surface area contributed by atoms with Crippen LogP contribution in [0.3, 0.4) is 0 Å². The van der Waals surface area contributed by atoms with Crippen LogP contribution < -0.4 is 0 Å². The SMILES string of the molecule is CC(C)C(C(=O)/C=C(\O)C(C(C)C)C(C)C)C(C)C.[2H]c1cc(-c2ncnc3c2sc2cc(CC(C)(C)C)ccc23)[c-]c2ccccc12.[Ir]. The van der Waals surface area contributed by atoms with Gasteiger partial charge in [-0.15, -0.1) is 41.0 Å². The summed E-state index contributed by atoms with van der Waals surface area (Å²) in [5, 5.41) is 13.3. The number of hydrogen-bond donors (Lipinski definition) is 1. The van der Waals surface area contributed by atoms with E-state index in [-0.39, 0.29) is 48.9 Å². The van der Waals surface area contributed by atoms with Crippen molar-refractivity contribution < 1.29 is 31.4 Å². The molecule has 6 heteroatoms. The van der Waals surface area contributed by atoms with Crippen LogP contribution in [0.5, 0.6) is 0 Å². The molecule has 48 heavy (non-hydrogen) atoms. The fourth-order valence-corrected chi connectivity index (χ4v) is 8.15. The molecular weight excluding hydrogens is 789 g/mol. The fraction of sp³-hybridized carbons (Fsp3) is 0.452. The molecule has 259 valence electrons. The van der Waals surface area contributed by atoms with Crippen molar-refractivity contribution in [2.75, 3.05) is 0 Å². The van der Waals surface area contributed by atoms with E-state index in [0.717, 1.165) is 44.1 Å². The summed E-state index contributed by atoms with van der Waals surface area (Å²) < 4.78 is 10.7. The van der Waals surface area contributed by atoms with E-state index < -0.39 is 0 Å². The second-order valence-electron chi connectivity index (χ2n) is 15.4. The van der Waals surface area contributed by atoms with Crippen molar-refractivity contribution >= 4 is 48.2 Å². The molecule has 2 aromatic heterocycles. The molecule has 0 saturated carbocycles. The number of rotatable bonds is 9. The van der Waals surface area contributed by atoms with Gasteiger partial charge < -0.3 is 5.11 Å². The molecule has 0 unspecified atom stereocenters. The zero-order valence-electron chi connectivity index (χ0n) is 31.4. The number of hydrogen-bond acceptors (Lipinski definition) is 5. The zero-order valence-corrected chi connectivity index (χ0v) is 33.6. The number of nitrogens with zero attached hydrogens (tertiary/aromatic N) is 2. The maximum absolute atomic E-state index is 12.3. The van der Waals surface area contributed by atoms with E-state index in [1.807, 2.05) is 30.3 Å². The Morgan fingerprint density at radius 2 is 1.54 bits per heavy atom. The van der Waals surface area contributed by atoms with Gasteiger partial charge in [0, 0.05) is 59.9 Å². The van der Waals surface area contributed by atoms with Gasteiger partial charge in [-0.1, -0.05) is 117 Å². The van der Waals surface area contributed by atoms with Crippen LogP contribution >= 0.6 is 11.3 Å². The third-order valence-electron chi connectivity index (χ3n) is 8.71. The maximum Gasteiger partial charge on any atom is 0.162 e. The quantitative estimate of drug-likeness (QED) is 0.0912. The van der Waals surface area contributed by atoms with Gasteiger partial charge in [-0.2, -0.15) is 0 Å². The van der Waals surface area contributed by atoms with Crippen LogP contribution in [0, 0.1) is 47.0 Å². The number of thiophene rings is 1. The number of ketones is 1. The maximum atomic E-state index is 12.3. The second-order valence-corrected chi connectivity index (χ2v) is 16.5. The Hall–Kier alpha value is -2.92. The van der Waals surface area contributed by atoms with Crippen LogP contribution in [0.4, 0.5) is 0 Å². The monoisotopic (exact) mass is 843 g/mol. The summed E-state index contributed by atoms with van der Waals surface area (Å²) in [5.74, 6) is 1.63. The molecule has 4 nitrogen and oxygen atoms in total. The fourth-order valence-electron chi connectivity index (χ4n) is 6.93. The first kappa shape index (κ1) is 37.9. The van der Waals surface area contributed by atoms with E-state index in [0.29, 0.717) is 29.7 Å². The Labute approximate surface area is 307 Å². The van der Waals surface area contributed by atoms with Crippen LogP contribution in [-0.4, -0.2) is 20.9 Å². The predicted molar refractivity (Wildman–Crippen MR) is 202 cm³/mol. The third kappa shape index (κ3) is 9.61. The topological polar surface area (TPSA) is 63.1 Å². The smallest absolute Gasteiger partial charge is 0.162 e. The van der Waals surface area contributed by atoms with Gasteiger partial charge in [0.1, 0.15) is 6.33 Å². The Morgan fingerprint density at radius 1 is 0.917 bits per heavy atom. The predicted octanol–water partition coefficient (Wildman–Crippen LogP) is 11.9. The Balaban J connectivity index is 0.000000287. The molecule has 0 bridgehead atoms. The standard InChI is InChI=1S/C25H21N2S.C17H32O2.Ir/c1-25(2,3)14-16-8-11-20-21(12-16)28-24-22(26-15-27-23(20)24)19-10-9-17-6-4-5-7-18(17)13-19;1-10(2)16(11(3)4)14(18)9-15(19)17(12(5)6)13(7)8;/h4-12,15H,14H2,1-3H3;9-13,16-18H,1-8H3;/q-1;;/b;14-9-;/i9D;;. The Kier molecular flexibility index (Phi) is 13.1. The Bertz CT molecular complexity index is 1900. The van der Waals surface area contributed by atoms with Gasteiger partial charge in [-0.3, -0.25) is 9.78 Å². The summed E-state index contributed by atoms with van der Waals surface area (Å²) in [6, 6.07) is 20.4. The van der Waals surface area contributed by atoms with Crippen molar-refractivity contribution in [2.45, 2.75) is 82.6 Å². The minimum Gasteiger partial charge on any atom is -0.512 e. The van der Waals surface area contributed by atoms with E-state index >= 15 is 0 Å². The third-order valence-corrected chi connectivity index (χ3v) is 9.86. The van der Waals surface area contributed by atoms with Gasteiger partial charge in [-0.05, 0) is 47.1 Å². The van der Waals surface area contributed by atoms with E-state index in [2.05, 4.69) is 110 Å². The van der Waals surface area contributed by atoms with Crippen molar-refractivity contribution in [3.63, 3.8) is 0 Å². The molecule has 0 aliphatic carbocycles. The molecule has 1 radical (unpaired) electrons. The van der Waals surface area contributed by atoms with Crippen molar-refractivity contribution in [1.29, 1.82) is 0 Å². The van der Waals surface area contributed by atoms with Crippen molar-refractivity contribution in [3.8, 4) is 11.3 Å². The second kappa shape index (κ2) is 16.7. The van der Waals surface area contributed by atoms with Gasteiger partial charge in [0.15, 0.2) is 5.78 Å². The Morgan fingerprint density at radius 3 is 2.15 bits per heavy atom. The van der Waals surface area contributed by atoms with Gasteiger partial charge in [0.05, 0.1) is 11.3 Å². The van der Waals surface area contributed by atoms with Crippen LogP contribution in [0.15, 0.2) is 72.7 Å². The van der Waals surface area contributed by atoms with Crippen LogP contribution in [0.2, 0.25) is 0 Å². The van der Waals surface area contributed by atoms with Crippen LogP contribution in [-0.2, 0) is 31.3 Å². The summed E-state index contributed by atoms with van der Waals surface area (Å²) in [5.41, 5.74) is 4.28. The van der Waals surface area contributed by atoms with Crippen LogP contribution in [0.25, 0.3) is 42.3 Å². The largest absolute Gasteiger partial charge is 0.512 e. The molecule has 2 heterocycles. The molecule has 0 aliphatic heterocycles. The first-order valence-electron chi connectivity index (χ1n) is 17.5. The van der Waals surface area contributed by atoms with Gasteiger partial charge >= 0.3 is 0 Å². The molecule has 0 atom stereocenters. The van der Waals surface area contributed by atoms with Gasteiger partial charge in [-0.25, -0.2) is 4.98 Å². The first-order valence-corrected chi connectivity index (χ1v) is 17.8. The van der Waals surface area contributed by atoms with E-state index in [1.165, 1.54) is 16.3 Å². The molecule has 1 N–H and O–H groups in total. The molecular formula is C42H53IrN2O2S-. The summed E-state index contributed by atoms with van der Waals surface area (Å²) in [7, 11) is 0. The number of aliphatic hydroxyl groups excluding tert-OH is 1. The van der Waals surface area contributed by atoms with Gasteiger partial charge in [0.2, 0.25) is 0 Å². The van der Waals surface area contributed by atoms with Crippen molar-refractivity contribution in [1.82, 2.24) is 9.97 Å².